The number of rotatable bonds is 10. The summed E-state index contributed by atoms with van der Waals surface area (Å²) in [5.74, 6) is -1.14. The van der Waals surface area contributed by atoms with Crippen molar-refractivity contribution in [3.63, 3.8) is 0 Å². The lowest BCUT2D eigenvalue weighted by atomic mass is 9.98. The van der Waals surface area contributed by atoms with Crippen molar-refractivity contribution in [1.82, 2.24) is 10.1 Å². The third-order valence-corrected chi connectivity index (χ3v) is 9.83. The molecule has 0 radical (unpaired) electrons. The molecule has 1 N–H and O–H groups in total. The molecule has 2 bridgehead atoms. The molecule has 3 fully saturated rings. The minimum Gasteiger partial charge on any atom is -0.480 e. The summed E-state index contributed by atoms with van der Waals surface area (Å²) in [7, 11) is 0. The highest BCUT2D eigenvalue weighted by Crippen LogP contribution is 2.47. The van der Waals surface area contributed by atoms with Crippen LogP contribution in [0.25, 0.3) is 21.5 Å². The Labute approximate surface area is 258 Å². The number of hydrogen-bond donors (Lipinski definition) is 1. The second-order valence-electron chi connectivity index (χ2n) is 11.8. The first-order valence-corrected chi connectivity index (χ1v) is 15.5. The summed E-state index contributed by atoms with van der Waals surface area (Å²) >= 11 is 1.29. The summed E-state index contributed by atoms with van der Waals surface area (Å²) < 4.78 is 69.1. The molecule has 2 aromatic carbocycles. The van der Waals surface area contributed by atoms with Crippen molar-refractivity contribution in [2.45, 2.75) is 75.4 Å². The quantitative estimate of drug-likeness (QED) is 0.149. The molecule has 236 valence electrons. The van der Waals surface area contributed by atoms with Crippen molar-refractivity contribution >= 4 is 44.8 Å². The van der Waals surface area contributed by atoms with E-state index < -0.39 is 30.1 Å². The van der Waals surface area contributed by atoms with Crippen LogP contribution in [0.4, 0.5) is 28.4 Å². The smallest absolute Gasteiger partial charge is 0.417 e. The average molecular weight is 645 g/mol. The zero-order valence-corrected chi connectivity index (χ0v) is 24.6. The lowest BCUT2D eigenvalue weighted by molar-refractivity contribution is -0.137. The highest BCUT2D eigenvalue weighted by molar-refractivity contribution is 7.22. The molecule has 4 heterocycles. The topological polar surface area (TPSA) is 109 Å². The van der Waals surface area contributed by atoms with Crippen molar-refractivity contribution < 1.29 is 41.5 Å². The summed E-state index contributed by atoms with van der Waals surface area (Å²) in [6, 6.07) is 8.19. The Bertz CT molecular complexity index is 1760. The summed E-state index contributed by atoms with van der Waals surface area (Å²) in [4.78, 5) is 30.3. The van der Waals surface area contributed by atoms with Crippen LogP contribution in [0, 0.1) is 5.82 Å². The maximum Gasteiger partial charge on any atom is 0.417 e. The summed E-state index contributed by atoms with van der Waals surface area (Å²) in [5.41, 5.74) is 0.225. The predicted molar refractivity (Wildman–Crippen MR) is 157 cm³/mol. The number of alkyl halides is 3. The average Bonchev–Trinajstić information content (AvgIpc) is 3.51. The van der Waals surface area contributed by atoms with Gasteiger partial charge in [-0.2, -0.15) is 13.2 Å². The van der Waals surface area contributed by atoms with Crippen molar-refractivity contribution in [3.05, 3.63) is 59.1 Å². The van der Waals surface area contributed by atoms with E-state index in [1.165, 1.54) is 23.5 Å². The van der Waals surface area contributed by atoms with Gasteiger partial charge in [-0.15, -0.1) is 0 Å². The van der Waals surface area contributed by atoms with Gasteiger partial charge in [0.25, 0.3) is 0 Å². The number of nitrogens with zero attached hydrogens (tertiary/aromatic N) is 4. The van der Waals surface area contributed by atoms with Crippen molar-refractivity contribution in [3.8, 4) is 11.3 Å². The van der Waals surface area contributed by atoms with Gasteiger partial charge < -0.3 is 24.2 Å². The fourth-order valence-electron chi connectivity index (χ4n) is 6.63. The van der Waals surface area contributed by atoms with Gasteiger partial charge in [-0.25, -0.2) is 9.37 Å². The SMILES string of the molecule is O=CN(CC(=O)O)c1cc(F)c2nc(N3C4CCC3CC(OCc3c(-c5ccccc5C(F)(F)F)noc3C3CC3)C4)sc2c1. The van der Waals surface area contributed by atoms with E-state index in [1.807, 2.05) is 0 Å². The first kappa shape index (κ1) is 29.7. The lowest BCUT2D eigenvalue weighted by Crippen LogP contribution is -2.45. The largest absolute Gasteiger partial charge is 0.480 e. The van der Waals surface area contributed by atoms with Crippen LogP contribution in [-0.2, 0) is 27.1 Å². The fraction of sp³-hybridized carbons (Fsp3) is 0.419. The van der Waals surface area contributed by atoms with Gasteiger partial charge in [0.05, 0.1) is 23.0 Å². The van der Waals surface area contributed by atoms with Gasteiger partial charge in [-0.3, -0.25) is 9.59 Å². The summed E-state index contributed by atoms with van der Waals surface area (Å²) in [5, 5.41) is 13.8. The number of carbonyl (C=O) groups excluding carboxylic acids is 1. The van der Waals surface area contributed by atoms with Gasteiger partial charge in [0, 0.05) is 34.8 Å². The molecule has 0 spiro atoms. The van der Waals surface area contributed by atoms with E-state index >= 15 is 4.39 Å². The third-order valence-electron chi connectivity index (χ3n) is 8.81. The van der Waals surface area contributed by atoms with Crippen LogP contribution in [0.3, 0.4) is 0 Å². The second-order valence-corrected chi connectivity index (χ2v) is 12.8. The zero-order valence-electron chi connectivity index (χ0n) is 23.8. The molecule has 14 heteroatoms. The number of aromatic nitrogens is 2. The number of hydrogen-bond acceptors (Lipinski definition) is 8. The Balaban J connectivity index is 1.10. The Morgan fingerprint density at radius 1 is 1.16 bits per heavy atom. The number of carboxylic acids is 1. The molecule has 2 saturated heterocycles. The molecule has 1 saturated carbocycles. The van der Waals surface area contributed by atoms with E-state index in [0.717, 1.165) is 42.7 Å². The first-order chi connectivity index (χ1) is 21.6. The molecular weight excluding hydrogens is 616 g/mol. The molecule has 2 aromatic heterocycles. The number of carboxylic acid groups (broad SMARTS) is 1. The number of halogens is 4. The number of thiazole rings is 1. The Morgan fingerprint density at radius 3 is 2.56 bits per heavy atom. The predicted octanol–water partition coefficient (Wildman–Crippen LogP) is 6.75. The molecule has 1 amide bonds. The molecule has 1 aliphatic carbocycles. The number of piperidine rings is 1. The number of benzene rings is 2. The maximum atomic E-state index is 15.0. The molecule has 2 atom stereocenters. The molecule has 3 aliphatic rings. The van der Waals surface area contributed by atoms with E-state index in [9.17, 15) is 22.8 Å². The van der Waals surface area contributed by atoms with Gasteiger partial charge in [0.1, 0.15) is 23.5 Å². The van der Waals surface area contributed by atoms with E-state index in [-0.39, 0.29) is 53.2 Å². The van der Waals surface area contributed by atoms with E-state index in [1.54, 1.807) is 12.1 Å². The van der Waals surface area contributed by atoms with Crippen LogP contribution in [0.5, 0.6) is 0 Å². The van der Waals surface area contributed by atoms with E-state index in [0.29, 0.717) is 40.4 Å². The molecular formula is C31H28F4N4O5S. The Kier molecular flexibility index (Phi) is 7.51. The lowest BCUT2D eigenvalue weighted by Gasteiger charge is -2.38. The van der Waals surface area contributed by atoms with Gasteiger partial charge in [0.15, 0.2) is 10.9 Å². The maximum absolute atomic E-state index is 15.0. The summed E-state index contributed by atoms with van der Waals surface area (Å²) in [6.45, 7) is -0.509. The van der Waals surface area contributed by atoms with Crippen LogP contribution in [0.2, 0.25) is 0 Å². The number of aliphatic carboxylic acids is 1. The van der Waals surface area contributed by atoms with E-state index in [2.05, 4.69) is 15.0 Å². The second kappa shape index (κ2) is 11.4. The number of amides is 1. The zero-order chi connectivity index (χ0) is 31.5. The van der Waals surface area contributed by atoms with Crippen LogP contribution in [0.1, 0.15) is 61.3 Å². The third kappa shape index (κ3) is 5.65. The highest BCUT2D eigenvalue weighted by atomic mass is 32.1. The van der Waals surface area contributed by atoms with Crippen molar-refractivity contribution in [2.75, 3.05) is 16.3 Å². The highest BCUT2D eigenvalue weighted by Gasteiger charge is 2.43. The van der Waals surface area contributed by atoms with Crippen LogP contribution < -0.4 is 9.80 Å². The minimum absolute atomic E-state index is 0.0282. The van der Waals surface area contributed by atoms with Crippen molar-refractivity contribution in [2.24, 2.45) is 0 Å². The number of fused-ring (bicyclic) bond motifs is 3. The standard InChI is InChI=1S/C31H28F4N4O5S/c32-24-11-19(38(15-40)13-26(41)42)12-25-28(24)36-30(45-25)39-17-7-8-18(39)10-20(9-17)43-14-22-27(37-44-29(22)16-5-6-16)21-3-1-2-4-23(21)31(33,34)35/h1-4,11-12,15-18,20H,5-10,13-14H2,(H,41,42). The summed E-state index contributed by atoms with van der Waals surface area (Å²) in [6.07, 6.45) is 0.536. The minimum atomic E-state index is -4.54. The Morgan fingerprint density at radius 2 is 1.89 bits per heavy atom. The van der Waals surface area contributed by atoms with Crippen LogP contribution >= 0.6 is 11.3 Å². The first-order valence-electron chi connectivity index (χ1n) is 14.7. The molecule has 7 rings (SSSR count). The Hall–Kier alpha value is -4.04. The molecule has 9 nitrogen and oxygen atoms in total. The normalized spacial score (nSPS) is 21.4. The van der Waals surface area contributed by atoms with Gasteiger partial charge >= 0.3 is 12.1 Å². The molecule has 2 unspecified atom stereocenters. The molecule has 2 aliphatic heterocycles. The van der Waals surface area contributed by atoms with Crippen molar-refractivity contribution in [1.29, 1.82) is 0 Å². The molecule has 45 heavy (non-hydrogen) atoms. The van der Waals surface area contributed by atoms with Gasteiger partial charge in [-0.1, -0.05) is 34.7 Å². The monoisotopic (exact) mass is 644 g/mol. The number of carbonyl (C=O) groups is 2. The van der Waals surface area contributed by atoms with Gasteiger partial charge in [0.2, 0.25) is 6.41 Å². The van der Waals surface area contributed by atoms with Crippen LogP contribution in [-0.4, -0.2) is 52.4 Å². The van der Waals surface area contributed by atoms with Crippen LogP contribution in [0.15, 0.2) is 40.9 Å². The van der Waals surface area contributed by atoms with Gasteiger partial charge in [-0.05, 0) is 56.7 Å². The number of ether oxygens (including phenoxy) is 1. The number of anilines is 2. The molecule has 4 aromatic rings. The van der Waals surface area contributed by atoms with E-state index in [4.69, 9.17) is 14.4 Å². The fourth-order valence-corrected chi connectivity index (χ4v) is 7.78.